The Kier molecular flexibility index (Phi) is 2.64. The SMILES string of the molecule is CCc1nc2c(C(=O)OC)c(C)ccc2[nH]1. The van der Waals surface area contributed by atoms with Gasteiger partial charge in [-0.15, -0.1) is 0 Å². The number of carbonyl (C=O) groups excluding carboxylic acids is 1. The van der Waals surface area contributed by atoms with E-state index in [0.29, 0.717) is 11.1 Å². The van der Waals surface area contributed by atoms with Crippen LogP contribution >= 0.6 is 0 Å². The molecule has 0 fully saturated rings. The van der Waals surface area contributed by atoms with Gasteiger partial charge in [-0.25, -0.2) is 9.78 Å². The lowest BCUT2D eigenvalue weighted by molar-refractivity contribution is 0.0602. The predicted octanol–water partition coefficient (Wildman–Crippen LogP) is 2.22. The van der Waals surface area contributed by atoms with E-state index < -0.39 is 0 Å². The highest BCUT2D eigenvalue weighted by molar-refractivity contribution is 6.03. The van der Waals surface area contributed by atoms with E-state index in [9.17, 15) is 4.79 Å². The van der Waals surface area contributed by atoms with Gasteiger partial charge in [0.1, 0.15) is 11.3 Å². The van der Waals surface area contributed by atoms with E-state index in [2.05, 4.69) is 9.97 Å². The van der Waals surface area contributed by atoms with Crippen molar-refractivity contribution in [2.24, 2.45) is 0 Å². The van der Waals surface area contributed by atoms with Crippen LogP contribution in [0.3, 0.4) is 0 Å². The van der Waals surface area contributed by atoms with Gasteiger partial charge in [0, 0.05) is 6.42 Å². The van der Waals surface area contributed by atoms with Crippen LogP contribution in [0.4, 0.5) is 0 Å². The maximum absolute atomic E-state index is 11.7. The van der Waals surface area contributed by atoms with Crippen LogP contribution in [-0.2, 0) is 11.2 Å². The lowest BCUT2D eigenvalue weighted by atomic mass is 10.1. The van der Waals surface area contributed by atoms with Crippen LogP contribution in [-0.4, -0.2) is 23.0 Å². The molecule has 0 atom stereocenters. The topological polar surface area (TPSA) is 55.0 Å². The average molecular weight is 218 g/mol. The minimum atomic E-state index is -0.336. The van der Waals surface area contributed by atoms with Crippen molar-refractivity contribution in [3.8, 4) is 0 Å². The molecule has 1 N–H and O–H groups in total. The zero-order chi connectivity index (χ0) is 11.7. The van der Waals surface area contributed by atoms with Gasteiger partial charge in [-0.2, -0.15) is 0 Å². The number of aryl methyl sites for hydroxylation is 2. The normalized spacial score (nSPS) is 10.7. The number of esters is 1. The third kappa shape index (κ3) is 1.56. The number of nitrogens with one attached hydrogen (secondary N) is 1. The Labute approximate surface area is 93.6 Å². The fourth-order valence-corrected chi connectivity index (χ4v) is 1.75. The Morgan fingerprint density at radius 2 is 2.25 bits per heavy atom. The highest BCUT2D eigenvalue weighted by Gasteiger charge is 2.16. The fourth-order valence-electron chi connectivity index (χ4n) is 1.75. The Bertz CT molecular complexity index is 543. The van der Waals surface area contributed by atoms with Crippen LogP contribution in [0.15, 0.2) is 12.1 Å². The first-order valence-electron chi connectivity index (χ1n) is 5.24. The summed E-state index contributed by atoms with van der Waals surface area (Å²) in [6.45, 7) is 3.90. The molecule has 2 aromatic rings. The number of benzene rings is 1. The molecule has 0 spiro atoms. The van der Waals surface area contributed by atoms with E-state index in [1.807, 2.05) is 26.0 Å². The van der Waals surface area contributed by atoms with Crippen molar-refractivity contribution >= 4 is 17.0 Å². The Balaban J connectivity index is 2.73. The standard InChI is InChI=1S/C12H14N2O2/c1-4-9-13-8-6-5-7(2)10(11(8)14-9)12(15)16-3/h5-6H,4H2,1-3H3,(H,13,14). The number of ether oxygens (including phenoxy) is 1. The third-order valence-electron chi connectivity index (χ3n) is 2.64. The van der Waals surface area contributed by atoms with E-state index in [-0.39, 0.29) is 5.97 Å². The predicted molar refractivity (Wildman–Crippen MR) is 61.5 cm³/mol. The Hall–Kier alpha value is -1.84. The number of rotatable bonds is 2. The number of hydrogen-bond donors (Lipinski definition) is 1. The van der Waals surface area contributed by atoms with Crippen molar-refractivity contribution in [2.75, 3.05) is 7.11 Å². The smallest absolute Gasteiger partial charge is 0.340 e. The number of carbonyl (C=O) groups is 1. The van der Waals surface area contributed by atoms with Crippen molar-refractivity contribution in [2.45, 2.75) is 20.3 Å². The molecule has 0 saturated heterocycles. The Morgan fingerprint density at radius 1 is 1.50 bits per heavy atom. The Morgan fingerprint density at radius 3 is 2.88 bits per heavy atom. The molecular formula is C12H14N2O2. The van der Waals surface area contributed by atoms with Gasteiger partial charge >= 0.3 is 5.97 Å². The molecule has 0 amide bonds. The van der Waals surface area contributed by atoms with Gasteiger partial charge in [0.05, 0.1) is 18.2 Å². The van der Waals surface area contributed by atoms with Gasteiger partial charge in [-0.3, -0.25) is 0 Å². The molecule has 16 heavy (non-hydrogen) atoms. The van der Waals surface area contributed by atoms with E-state index in [0.717, 1.165) is 23.3 Å². The summed E-state index contributed by atoms with van der Waals surface area (Å²) in [5.74, 6) is 0.544. The molecule has 4 heteroatoms. The number of H-pyrrole nitrogens is 1. The molecule has 84 valence electrons. The van der Waals surface area contributed by atoms with E-state index in [1.54, 1.807) is 0 Å². The van der Waals surface area contributed by atoms with Gasteiger partial charge in [0.15, 0.2) is 0 Å². The molecule has 2 rings (SSSR count). The van der Waals surface area contributed by atoms with Crippen molar-refractivity contribution in [3.05, 3.63) is 29.1 Å². The maximum Gasteiger partial charge on any atom is 0.340 e. The summed E-state index contributed by atoms with van der Waals surface area (Å²) in [4.78, 5) is 19.2. The van der Waals surface area contributed by atoms with Crippen LogP contribution in [0.1, 0.15) is 28.7 Å². The maximum atomic E-state index is 11.7. The second-order valence-electron chi connectivity index (χ2n) is 3.68. The summed E-state index contributed by atoms with van der Waals surface area (Å²) in [5.41, 5.74) is 3.01. The summed E-state index contributed by atoms with van der Waals surface area (Å²) in [5, 5.41) is 0. The number of hydrogen-bond acceptors (Lipinski definition) is 3. The second kappa shape index (κ2) is 3.96. The minimum Gasteiger partial charge on any atom is -0.465 e. The molecule has 1 aromatic carbocycles. The number of nitrogens with zero attached hydrogens (tertiary/aromatic N) is 1. The highest BCUT2D eigenvalue weighted by Crippen LogP contribution is 2.21. The molecular weight excluding hydrogens is 204 g/mol. The molecule has 1 aromatic heterocycles. The molecule has 0 aliphatic heterocycles. The second-order valence-corrected chi connectivity index (χ2v) is 3.68. The van der Waals surface area contributed by atoms with Gasteiger partial charge < -0.3 is 9.72 Å². The number of aromatic nitrogens is 2. The number of aromatic amines is 1. The number of imidazole rings is 1. The van der Waals surface area contributed by atoms with E-state index >= 15 is 0 Å². The molecule has 0 saturated carbocycles. The molecule has 0 unspecified atom stereocenters. The molecule has 0 aliphatic rings. The van der Waals surface area contributed by atoms with Crippen molar-refractivity contribution in [1.82, 2.24) is 9.97 Å². The van der Waals surface area contributed by atoms with Gasteiger partial charge in [-0.1, -0.05) is 13.0 Å². The van der Waals surface area contributed by atoms with Gasteiger partial charge in [0.25, 0.3) is 0 Å². The largest absolute Gasteiger partial charge is 0.465 e. The first-order chi connectivity index (χ1) is 7.67. The van der Waals surface area contributed by atoms with Crippen LogP contribution in [0.2, 0.25) is 0 Å². The molecule has 1 heterocycles. The molecule has 0 bridgehead atoms. The summed E-state index contributed by atoms with van der Waals surface area (Å²) < 4.78 is 4.78. The van der Waals surface area contributed by atoms with Crippen molar-refractivity contribution < 1.29 is 9.53 Å². The van der Waals surface area contributed by atoms with E-state index in [4.69, 9.17) is 4.74 Å². The number of methoxy groups -OCH3 is 1. The zero-order valence-corrected chi connectivity index (χ0v) is 9.63. The summed E-state index contributed by atoms with van der Waals surface area (Å²) in [6, 6.07) is 3.83. The van der Waals surface area contributed by atoms with Crippen molar-refractivity contribution in [1.29, 1.82) is 0 Å². The molecule has 0 aliphatic carbocycles. The fraction of sp³-hybridized carbons (Fsp3) is 0.333. The van der Waals surface area contributed by atoms with Crippen molar-refractivity contribution in [3.63, 3.8) is 0 Å². The summed E-state index contributed by atoms with van der Waals surface area (Å²) in [6.07, 6.45) is 0.814. The van der Waals surface area contributed by atoms with E-state index in [1.165, 1.54) is 7.11 Å². The first-order valence-corrected chi connectivity index (χ1v) is 5.24. The highest BCUT2D eigenvalue weighted by atomic mass is 16.5. The van der Waals surface area contributed by atoms with Crippen LogP contribution < -0.4 is 0 Å². The summed E-state index contributed by atoms with van der Waals surface area (Å²) >= 11 is 0. The van der Waals surface area contributed by atoms with Crippen LogP contribution in [0.25, 0.3) is 11.0 Å². The minimum absolute atomic E-state index is 0.336. The third-order valence-corrected chi connectivity index (χ3v) is 2.64. The molecule has 4 nitrogen and oxygen atoms in total. The zero-order valence-electron chi connectivity index (χ0n) is 9.63. The summed E-state index contributed by atoms with van der Waals surface area (Å²) in [7, 11) is 1.38. The molecule has 0 radical (unpaired) electrons. The van der Waals surface area contributed by atoms with Crippen LogP contribution in [0, 0.1) is 6.92 Å². The van der Waals surface area contributed by atoms with Crippen LogP contribution in [0.5, 0.6) is 0 Å². The lowest BCUT2D eigenvalue weighted by Gasteiger charge is -2.03. The lowest BCUT2D eigenvalue weighted by Crippen LogP contribution is -2.04. The first kappa shape index (κ1) is 10.7. The quantitative estimate of drug-likeness (QED) is 0.786. The van der Waals surface area contributed by atoms with Gasteiger partial charge in [-0.05, 0) is 18.6 Å². The van der Waals surface area contributed by atoms with Gasteiger partial charge in [0.2, 0.25) is 0 Å². The average Bonchev–Trinajstić information content (AvgIpc) is 2.71. The number of fused-ring (bicyclic) bond motifs is 1. The monoisotopic (exact) mass is 218 g/mol.